The largest absolute Gasteiger partial charge is 0.385 e. The van der Waals surface area contributed by atoms with Gasteiger partial charge >= 0.3 is 6.03 Å². The summed E-state index contributed by atoms with van der Waals surface area (Å²) in [5.41, 5.74) is 0.0850. The van der Waals surface area contributed by atoms with Crippen molar-refractivity contribution in [2.75, 3.05) is 34.4 Å². The smallest absolute Gasteiger partial charge is 0.316 e. The van der Waals surface area contributed by atoms with Crippen LogP contribution in [-0.4, -0.2) is 45.3 Å². The number of methoxy groups -OCH3 is 1. The number of hydrogen-bond donors (Lipinski definition) is 1. The summed E-state index contributed by atoms with van der Waals surface area (Å²) in [5.74, 6) is 0. The van der Waals surface area contributed by atoms with E-state index in [2.05, 4.69) is 19.2 Å². The highest BCUT2D eigenvalue weighted by atomic mass is 16.5. The molecule has 14 heavy (non-hydrogen) atoms. The first-order valence-corrected chi connectivity index (χ1v) is 4.83. The highest BCUT2D eigenvalue weighted by Gasteiger charge is 2.18. The minimum Gasteiger partial charge on any atom is -0.385 e. The monoisotopic (exact) mass is 202 g/mol. The van der Waals surface area contributed by atoms with Crippen molar-refractivity contribution in [1.82, 2.24) is 10.2 Å². The van der Waals surface area contributed by atoms with E-state index in [1.165, 1.54) is 4.90 Å². The van der Waals surface area contributed by atoms with E-state index in [4.69, 9.17) is 4.74 Å². The van der Waals surface area contributed by atoms with E-state index in [1.807, 2.05) is 0 Å². The molecule has 1 N–H and O–H groups in total. The molecule has 0 aromatic rings. The second-order valence-corrected chi connectivity index (χ2v) is 4.46. The van der Waals surface area contributed by atoms with Gasteiger partial charge in [0.1, 0.15) is 0 Å². The van der Waals surface area contributed by atoms with Crippen LogP contribution in [0.15, 0.2) is 0 Å². The zero-order chi connectivity index (χ0) is 11.2. The standard InChI is InChI=1S/C10H22N2O2/c1-10(2,6-7-14-5)8-11-9(13)12(3)4/h6-8H2,1-5H3,(H,11,13). The predicted octanol–water partition coefficient (Wildman–Crippen LogP) is 1.32. The number of carbonyl (C=O) groups is 1. The van der Waals surface area contributed by atoms with Gasteiger partial charge in [0.15, 0.2) is 0 Å². The Bertz CT molecular complexity index is 179. The number of carbonyl (C=O) groups excluding carboxylic acids is 1. The van der Waals surface area contributed by atoms with Crippen molar-refractivity contribution in [2.45, 2.75) is 20.3 Å². The highest BCUT2D eigenvalue weighted by Crippen LogP contribution is 2.18. The molecule has 0 fully saturated rings. The van der Waals surface area contributed by atoms with Gasteiger partial charge in [0.2, 0.25) is 0 Å². The molecule has 0 aliphatic rings. The van der Waals surface area contributed by atoms with Gasteiger partial charge in [0, 0.05) is 34.4 Å². The lowest BCUT2D eigenvalue weighted by molar-refractivity contribution is 0.149. The molecule has 0 aromatic carbocycles. The third-order valence-electron chi connectivity index (χ3n) is 2.11. The molecule has 4 nitrogen and oxygen atoms in total. The second-order valence-electron chi connectivity index (χ2n) is 4.46. The van der Waals surface area contributed by atoms with Gasteiger partial charge in [-0.1, -0.05) is 13.8 Å². The second kappa shape index (κ2) is 5.86. The van der Waals surface area contributed by atoms with Crippen LogP contribution in [0, 0.1) is 5.41 Å². The van der Waals surface area contributed by atoms with Crippen LogP contribution in [0.3, 0.4) is 0 Å². The van der Waals surface area contributed by atoms with Gasteiger partial charge in [-0.3, -0.25) is 0 Å². The van der Waals surface area contributed by atoms with Crippen LogP contribution in [0.25, 0.3) is 0 Å². The van der Waals surface area contributed by atoms with Crippen molar-refractivity contribution in [2.24, 2.45) is 5.41 Å². The topological polar surface area (TPSA) is 41.6 Å². The molecular weight excluding hydrogens is 180 g/mol. The summed E-state index contributed by atoms with van der Waals surface area (Å²) in [5, 5.41) is 2.86. The summed E-state index contributed by atoms with van der Waals surface area (Å²) in [6.45, 7) is 5.63. The van der Waals surface area contributed by atoms with Gasteiger partial charge in [-0.2, -0.15) is 0 Å². The average molecular weight is 202 g/mol. The van der Waals surface area contributed by atoms with Crippen LogP contribution in [0.4, 0.5) is 4.79 Å². The Morgan fingerprint density at radius 3 is 2.43 bits per heavy atom. The van der Waals surface area contributed by atoms with Gasteiger partial charge in [-0.25, -0.2) is 4.79 Å². The molecule has 0 heterocycles. The quantitative estimate of drug-likeness (QED) is 0.730. The van der Waals surface area contributed by atoms with Crippen molar-refractivity contribution < 1.29 is 9.53 Å². The number of nitrogens with one attached hydrogen (secondary N) is 1. The zero-order valence-corrected chi connectivity index (χ0v) is 9.89. The van der Waals surface area contributed by atoms with Crippen molar-refractivity contribution >= 4 is 6.03 Å². The van der Waals surface area contributed by atoms with E-state index in [0.29, 0.717) is 6.54 Å². The summed E-state index contributed by atoms with van der Waals surface area (Å²) >= 11 is 0. The Labute approximate surface area is 86.6 Å². The van der Waals surface area contributed by atoms with Gasteiger partial charge in [-0.05, 0) is 11.8 Å². The summed E-state index contributed by atoms with van der Waals surface area (Å²) in [4.78, 5) is 12.8. The number of nitrogens with zero attached hydrogens (tertiary/aromatic N) is 1. The predicted molar refractivity (Wildman–Crippen MR) is 57.4 cm³/mol. The van der Waals surface area contributed by atoms with Gasteiger partial charge < -0.3 is 15.0 Å². The van der Waals surface area contributed by atoms with Crippen molar-refractivity contribution in [3.8, 4) is 0 Å². The molecule has 0 radical (unpaired) electrons. The van der Waals surface area contributed by atoms with Crippen LogP contribution in [0.1, 0.15) is 20.3 Å². The van der Waals surface area contributed by atoms with Crippen LogP contribution in [0.5, 0.6) is 0 Å². The summed E-state index contributed by atoms with van der Waals surface area (Å²) < 4.78 is 5.01. The summed E-state index contributed by atoms with van der Waals surface area (Å²) in [7, 11) is 5.16. The molecule has 0 saturated carbocycles. The first kappa shape index (κ1) is 13.2. The first-order valence-electron chi connectivity index (χ1n) is 4.83. The Kier molecular flexibility index (Phi) is 5.53. The molecule has 0 aromatic heterocycles. The number of rotatable bonds is 5. The van der Waals surface area contributed by atoms with E-state index in [1.54, 1.807) is 21.2 Å². The molecular formula is C10H22N2O2. The SMILES string of the molecule is COCCC(C)(C)CNC(=O)N(C)C. The minimum absolute atomic E-state index is 0.0458. The fourth-order valence-electron chi connectivity index (χ4n) is 0.940. The Morgan fingerprint density at radius 2 is 2.00 bits per heavy atom. The number of ether oxygens (including phenoxy) is 1. The molecule has 0 unspecified atom stereocenters. The highest BCUT2D eigenvalue weighted by molar-refractivity contribution is 5.73. The number of amides is 2. The van der Waals surface area contributed by atoms with Gasteiger partial charge in [0.05, 0.1) is 0 Å². The normalized spacial score (nSPS) is 11.2. The molecule has 0 saturated heterocycles. The van der Waals surface area contributed by atoms with Crippen LogP contribution in [-0.2, 0) is 4.74 Å². The third-order valence-corrected chi connectivity index (χ3v) is 2.11. The van der Waals surface area contributed by atoms with Gasteiger partial charge in [0.25, 0.3) is 0 Å². The molecule has 4 heteroatoms. The van der Waals surface area contributed by atoms with Gasteiger partial charge in [-0.15, -0.1) is 0 Å². The first-order chi connectivity index (χ1) is 6.39. The maximum absolute atomic E-state index is 11.2. The fraction of sp³-hybridized carbons (Fsp3) is 0.900. The summed E-state index contributed by atoms with van der Waals surface area (Å²) in [6, 6.07) is -0.0458. The fourth-order valence-corrected chi connectivity index (χ4v) is 0.940. The lowest BCUT2D eigenvalue weighted by Crippen LogP contribution is -2.40. The van der Waals surface area contributed by atoms with Crippen molar-refractivity contribution in [3.63, 3.8) is 0 Å². The molecule has 2 amide bonds. The van der Waals surface area contributed by atoms with Crippen molar-refractivity contribution in [1.29, 1.82) is 0 Å². The lowest BCUT2D eigenvalue weighted by Gasteiger charge is -2.25. The maximum Gasteiger partial charge on any atom is 0.316 e. The molecule has 0 bridgehead atoms. The maximum atomic E-state index is 11.2. The van der Waals surface area contributed by atoms with E-state index in [9.17, 15) is 4.79 Å². The Balaban J connectivity index is 3.80. The van der Waals surface area contributed by atoms with E-state index in [0.717, 1.165) is 13.0 Å². The summed E-state index contributed by atoms with van der Waals surface area (Å²) in [6.07, 6.45) is 0.942. The molecule has 0 rings (SSSR count). The van der Waals surface area contributed by atoms with Crippen LogP contribution < -0.4 is 5.32 Å². The van der Waals surface area contributed by atoms with E-state index in [-0.39, 0.29) is 11.4 Å². The molecule has 0 atom stereocenters. The van der Waals surface area contributed by atoms with E-state index >= 15 is 0 Å². The third kappa shape index (κ3) is 5.80. The minimum atomic E-state index is -0.0458. The van der Waals surface area contributed by atoms with Crippen LogP contribution in [0.2, 0.25) is 0 Å². The van der Waals surface area contributed by atoms with Crippen molar-refractivity contribution in [3.05, 3.63) is 0 Å². The average Bonchev–Trinajstić information content (AvgIpc) is 2.11. The number of hydrogen-bond acceptors (Lipinski definition) is 2. The lowest BCUT2D eigenvalue weighted by atomic mass is 9.90. The van der Waals surface area contributed by atoms with Crippen LogP contribution >= 0.6 is 0 Å². The molecule has 0 aliphatic heterocycles. The molecule has 0 aliphatic carbocycles. The zero-order valence-electron chi connectivity index (χ0n) is 9.89. The molecule has 84 valence electrons. The Morgan fingerprint density at radius 1 is 1.43 bits per heavy atom. The van der Waals surface area contributed by atoms with E-state index < -0.39 is 0 Å². The number of urea groups is 1. The molecule has 0 spiro atoms. The Hall–Kier alpha value is -0.770.